The zero-order chi connectivity index (χ0) is 7.11. The van der Waals surface area contributed by atoms with Gasteiger partial charge in [-0.15, -0.1) is 0 Å². The molecule has 0 amide bonds. The smallest absolute Gasteiger partial charge is 0.331 e. The van der Waals surface area contributed by atoms with Gasteiger partial charge in [0.1, 0.15) is 0 Å². The summed E-state index contributed by atoms with van der Waals surface area (Å²) in [6, 6.07) is 0. The Morgan fingerprint density at radius 1 is 1.78 bits per heavy atom. The lowest BCUT2D eigenvalue weighted by Gasteiger charge is -1.84. The number of methoxy groups -OCH3 is 1. The average molecular weight is 236 g/mol. The van der Waals surface area contributed by atoms with Gasteiger partial charge in [0.15, 0.2) is 0 Å². The number of esters is 1. The first-order valence-corrected chi connectivity index (χ1v) is 3.24. The summed E-state index contributed by atoms with van der Waals surface area (Å²) in [6.07, 6.45) is 2.71. The number of halogens is 1. The van der Waals surface area contributed by atoms with Gasteiger partial charge >= 0.3 is 5.97 Å². The number of rotatable bonds is 1. The highest BCUT2D eigenvalue weighted by atomic mass is 127. The molecule has 48 valence electrons. The van der Waals surface area contributed by atoms with Gasteiger partial charge in [-0.2, -0.15) is 0 Å². The fourth-order valence-corrected chi connectivity index (χ4v) is 0.389. The van der Waals surface area contributed by atoms with Gasteiger partial charge in [0, 0.05) is 28.7 Å². The van der Waals surface area contributed by atoms with Gasteiger partial charge in [-0.3, -0.25) is 0 Å². The molecule has 0 unspecified atom stereocenters. The van der Waals surface area contributed by atoms with E-state index >= 15 is 0 Å². The molecule has 0 aliphatic rings. The molecule has 0 atom stereocenters. The Labute approximate surface area is 67.4 Å². The van der Waals surface area contributed by atoms with Crippen LogP contribution >= 0.6 is 22.6 Å². The van der Waals surface area contributed by atoms with Crippen LogP contribution in [0.2, 0.25) is 0 Å². The van der Waals surface area contributed by atoms with Gasteiger partial charge in [0.2, 0.25) is 0 Å². The van der Waals surface area contributed by atoms with Crippen LogP contribution in [0, 0.1) is 9.85 Å². The largest absolute Gasteiger partial charge is 0.466 e. The van der Waals surface area contributed by atoms with Crippen molar-refractivity contribution >= 4 is 28.6 Å². The normalized spacial score (nSPS) is 8.22. The monoisotopic (exact) mass is 236 g/mol. The molecule has 0 aromatic rings. The minimum Gasteiger partial charge on any atom is -0.466 e. The van der Waals surface area contributed by atoms with Gasteiger partial charge in [0.05, 0.1) is 7.11 Å². The Morgan fingerprint density at radius 3 is 2.89 bits per heavy atom. The van der Waals surface area contributed by atoms with E-state index in [1.807, 2.05) is 22.6 Å². The van der Waals surface area contributed by atoms with E-state index in [4.69, 9.17) is 0 Å². The first kappa shape index (κ1) is 8.50. The van der Waals surface area contributed by atoms with Crippen LogP contribution in [0.1, 0.15) is 0 Å². The Bertz CT molecular complexity index is 173. The van der Waals surface area contributed by atoms with Crippen molar-refractivity contribution in [3.8, 4) is 9.85 Å². The SMILES string of the molecule is COC(=O)/C=C/C#CI. The van der Waals surface area contributed by atoms with Crippen molar-refractivity contribution in [3.63, 3.8) is 0 Å². The standard InChI is InChI=1S/C6H5IO2/c1-9-6(8)4-2-3-5-7/h2,4H,1H3/b4-2+. The molecule has 0 radical (unpaired) electrons. The molecule has 0 fully saturated rings. The van der Waals surface area contributed by atoms with E-state index in [1.54, 1.807) is 0 Å². The second-order valence-electron chi connectivity index (χ2n) is 1.10. The number of allylic oxidation sites excluding steroid dienone is 1. The molecule has 2 nitrogen and oxygen atoms in total. The molecule has 0 N–H and O–H groups in total. The Balaban J connectivity index is 3.66. The quantitative estimate of drug-likeness (QED) is 0.295. The molecule has 0 heterocycles. The van der Waals surface area contributed by atoms with Gasteiger partial charge in [-0.05, 0) is 10.0 Å². The van der Waals surface area contributed by atoms with Crippen molar-refractivity contribution < 1.29 is 9.53 Å². The minimum atomic E-state index is -0.380. The molecule has 0 saturated carbocycles. The van der Waals surface area contributed by atoms with E-state index in [0.29, 0.717) is 0 Å². The highest BCUT2D eigenvalue weighted by Gasteiger charge is 1.85. The lowest BCUT2D eigenvalue weighted by molar-refractivity contribution is -0.134. The van der Waals surface area contributed by atoms with Gasteiger partial charge in [-0.1, -0.05) is 5.92 Å². The summed E-state index contributed by atoms with van der Waals surface area (Å²) in [5, 5.41) is 0. The molecule has 9 heavy (non-hydrogen) atoms. The third-order valence-corrected chi connectivity index (χ3v) is 0.870. The predicted octanol–water partition coefficient (Wildman–Crippen LogP) is 1.11. The highest BCUT2D eigenvalue weighted by molar-refractivity contribution is 14.1. The maximum absolute atomic E-state index is 10.3. The summed E-state index contributed by atoms with van der Waals surface area (Å²) in [4.78, 5) is 10.3. The number of carbonyl (C=O) groups excluding carboxylic acids is 1. The molecule has 0 saturated heterocycles. The van der Waals surface area contributed by atoms with Crippen molar-refractivity contribution in [2.24, 2.45) is 0 Å². The maximum Gasteiger partial charge on any atom is 0.331 e. The molecule has 3 heteroatoms. The number of ether oxygens (including phenoxy) is 1. The van der Waals surface area contributed by atoms with Crippen molar-refractivity contribution in [1.29, 1.82) is 0 Å². The van der Waals surface area contributed by atoms with Crippen LogP contribution in [-0.4, -0.2) is 13.1 Å². The first-order chi connectivity index (χ1) is 4.31. The summed E-state index contributed by atoms with van der Waals surface area (Å²) >= 11 is 1.88. The molecule has 0 aromatic carbocycles. The minimum absolute atomic E-state index is 0.380. The van der Waals surface area contributed by atoms with Crippen LogP contribution < -0.4 is 0 Å². The van der Waals surface area contributed by atoms with Crippen LogP contribution in [0.4, 0.5) is 0 Å². The summed E-state index contributed by atoms with van der Waals surface area (Å²) in [6.45, 7) is 0. The van der Waals surface area contributed by atoms with Gasteiger partial charge < -0.3 is 4.74 Å². The van der Waals surface area contributed by atoms with Crippen molar-refractivity contribution in [3.05, 3.63) is 12.2 Å². The van der Waals surface area contributed by atoms with Crippen molar-refractivity contribution in [2.45, 2.75) is 0 Å². The molecule has 0 aliphatic heterocycles. The molecule has 0 aromatic heterocycles. The summed E-state index contributed by atoms with van der Waals surface area (Å²) in [7, 11) is 1.32. The molecule has 0 bridgehead atoms. The van der Waals surface area contributed by atoms with Gasteiger partial charge in [0.25, 0.3) is 0 Å². The van der Waals surface area contributed by atoms with E-state index in [0.717, 1.165) is 0 Å². The number of hydrogen-bond acceptors (Lipinski definition) is 2. The summed E-state index contributed by atoms with van der Waals surface area (Å²) < 4.78 is 6.87. The first-order valence-electron chi connectivity index (χ1n) is 2.17. The fraction of sp³-hybridized carbons (Fsp3) is 0.167. The third-order valence-electron chi connectivity index (χ3n) is 0.558. The maximum atomic E-state index is 10.3. The predicted molar refractivity (Wildman–Crippen MR) is 43.0 cm³/mol. The Kier molecular flexibility index (Phi) is 5.32. The fourth-order valence-electron chi connectivity index (χ4n) is 0.209. The van der Waals surface area contributed by atoms with Crippen LogP contribution in [0.25, 0.3) is 0 Å². The second kappa shape index (κ2) is 5.63. The lowest BCUT2D eigenvalue weighted by atomic mass is 10.5. The Morgan fingerprint density at radius 2 is 2.44 bits per heavy atom. The van der Waals surface area contributed by atoms with E-state index in [1.165, 1.54) is 19.3 Å². The van der Waals surface area contributed by atoms with Crippen LogP contribution in [-0.2, 0) is 9.53 Å². The van der Waals surface area contributed by atoms with Crippen LogP contribution in [0.3, 0.4) is 0 Å². The van der Waals surface area contributed by atoms with Crippen LogP contribution in [0.5, 0.6) is 0 Å². The zero-order valence-electron chi connectivity index (χ0n) is 4.85. The topological polar surface area (TPSA) is 26.3 Å². The van der Waals surface area contributed by atoms with Crippen molar-refractivity contribution in [2.75, 3.05) is 7.11 Å². The zero-order valence-corrected chi connectivity index (χ0v) is 7.01. The van der Waals surface area contributed by atoms with E-state index in [-0.39, 0.29) is 5.97 Å². The molecular formula is C6H5IO2. The Hall–Kier alpha value is -0.500. The molecule has 0 rings (SSSR count). The molecule has 0 spiro atoms. The van der Waals surface area contributed by atoms with E-state index in [2.05, 4.69) is 14.6 Å². The molecule has 0 aliphatic carbocycles. The second-order valence-corrected chi connectivity index (χ2v) is 1.63. The summed E-state index contributed by atoms with van der Waals surface area (Å²) in [5.74, 6) is 2.19. The average Bonchev–Trinajstić information content (AvgIpc) is 1.89. The van der Waals surface area contributed by atoms with Crippen LogP contribution in [0.15, 0.2) is 12.2 Å². The lowest BCUT2D eigenvalue weighted by Crippen LogP contribution is -1.92. The molecular weight excluding hydrogens is 231 g/mol. The number of hydrogen-bond donors (Lipinski definition) is 0. The highest BCUT2D eigenvalue weighted by Crippen LogP contribution is 1.77. The van der Waals surface area contributed by atoms with Crippen molar-refractivity contribution in [1.82, 2.24) is 0 Å². The van der Waals surface area contributed by atoms with Gasteiger partial charge in [-0.25, -0.2) is 4.79 Å². The van der Waals surface area contributed by atoms with E-state index < -0.39 is 0 Å². The summed E-state index contributed by atoms with van der Waals surface area (Å²) in [5.41, 5.74) is 0. The third kappa shape index (κ3) is 5.37. The van der Waals surface area contributed by atoms with E-state index in [9.17, 15) is 4.79 Å². The number of carbonyl (C=O) groups is 1.